The van der Waals surface area contributed by atoms with Crippen LogP contribution in [0.3, 0.4) is 0 Å². The Bertz CT molecular complexity index is 902. The first-order valence-corrected chi connectivity index (χ1v) is 9.61. The van der Waals surface area contributed by atoms with Gasteiger partial charge in [0.2, 0.25) is 0 Å². The Hall–Kier alpha value is -2.82. The molecule has 0 spiro atoms. The fourth-order valence-corrected chi connectivity index (χ4v) is 5.12. The summed E-state index contributed by atoms with van der Waals surface area (Å²) >= 11 is 0. The van der Waals surface area contributed by atoms with Gasteiger partial charge in [0.05, 0.1) is 0 Å². The van der Waals surface area contributed by atoms with Crippen molar-refractivity contribution in [3.63, 3.8) is 0 Å². The molecular formula is C23H25NO4. The number of rotatable bonds is 6. The van der Waals surface area contributed by atoms with Crippen molar-refractivity contribution >= 4 is 12.1 Å². The molecule has 146 valence electrons. The van der Waals surface area contributed by atoms with Crippen molar-refractivity contribution in [3.05, 3.63) is 70.8 Å². The first-order chi connectivity index (χ1) is 13.3. The molecule has 0 saturated heterocycles. The molecule has 2 N–H and O–H groups in total. The van der Waals surface area contributed by atoms with Gasteiger partial charge in [-0.2, -0.15) is 0 Å². The maximum absolute atomic E-state index is 12.2. The van der Waals surface area contributed by atoms with Gasteiger partial charge in [0, 0.05) is 5.41 Å². The predicted octanol–water partition coefficient (Wildman–Crippen LogP) is 4.10. The zero-order chi connectivity index (χ0) is 19.9. The number of aliphatic carboxylic acids is 1. The SMILES string of the molecule is Cc1ccc(C)c(C23CC(C(NC(=O)OCc4ccccc4)C(=O)O)(C2)C3)c1. The second-order valence-corrected chi connectivity index (χ2v) is 8.47. The number of aryl methyl sites for hydroxylation is 2. The van der Waals surface area contributed by atoms with Crippen molar-refractivity contribution in [2.75, 3.05) is 0 Å². The van der Waals surface area contributed by atoms with E-state index in [1.54, 1.807) is 0 Å². The molecule has 0 radical (unpaired) electrons. The summed E-state index contributed by atoms with van der Waals surface area (Å²) in [4.78, 5) is 24.1. The second kappa shape index (κ2) is 6.66. The van der Waals surface area contributed by atoms with E-state index >= 15 is 0 Å². The van der Waals surface area contributed by atoms with Crippen LogP contribution in [0, 0.1) is 19.3 Å². The number of benzene rings is 2. The number of ether oxygens (including phenoxy) is 1. The van der Waals surface area contributed by atoms with E-state index in [-0.39, 0.29) is 17.4 Å². The monoisotopic (exact) mass is 379 g/mol. The van der Waals surface area contributed by atoms with E-state index in [4.69, 9.17) is 4.74 Å². The number of nitrogens with one attached hydrogen (secondary N) is 1. The van der Waals surface area contributed by atoms with E-state index in [1.807, 2.05) is 30.3 Å². The number of carbonyl (C=O) groups is 2. The molecule has 1 unspecified atom stereocenters. The number of carboxylic acid groups (broad SMARTS) is 1. The molecule has 5 nitrogen and oxygen atoms in total. The molecule has 1 amide bonds. The van der Waals surface area contributed by atoms with E-state index in [1.165, 1.54) is 16.7 Å². The molecule has 0 aliphatic heterocycles. The Labute approximate surface area is 164 Å². The highest BCUT2D eigenvalue weighted by Crippen LogP contribution is 2.75. The lowest BCUT2D eigenvalue weighted by atomic mass is 9.31. The molecule has 2 aromatic rings. The van der Waals surface area contributed by atoms with Crippen LogP contribution in [0.1, 0.15) is 41.5 Å². The molecule has 0 aromatic heterocycles. The molecule has 5 heteroatoms. The van der Waals surface area contributed by atoms with Gasteiger partial charge in [-0.1, -0.05) is 54.1 Å². The Morgan fingerprint density at radius 3 is 2.43 bits per heavy atom. The fourth-order valence-electron chi connectivity index (χ4n) is 5.12. The van der Waals surface area contributed by atoms with E-state index in [9.17, 15) is 14.7 Å². The summed E-state index contributed by atoms with van der Waals surface area (Å²) in [7, 11) is 0. The molecule has 3 fully saturated rings. The maximum atomic E-state index is 12.2. The van der Waals surface area contributed by atoms with Crippen LogP contribution in [0.2, 0.25) is 0 Å². The van der Waals surface area contributed by atoms with E-state index in [0.717, 1.165) is 24.8 Å². The summed E-state index contributed by atoms with van der Waals surface area (Å²) in [6.07, 6.45) is 1.70. The highest BCUT2D eigenvalue weighted by atomic mass is 16.5. The number of amides is 1. The zero-order valence-electron chi connectivity index (χ0n) is 16.2. The van der Waals surface area contributed by atoms with Gasteiger partial charge in [-0.15, -0.1) is 0 Å². The predicted molar refractivity (Wildman–Crippen MR) is 105 cm³/mol. The number of carbonyl (C=O) groups excluding carboxylic acids is 1. The molecule has 5 rings (SSSR count). The van der Waals surface area contributed by atoms with E-state index in [0.29, 0.717) is 0 Å². The number of alkyl carbamates (subject to hydrolysis) is 1. The van der Waals surface area contributed by atoms with Crippen LogP contribution in [0.15, 0.2) is 48.5 Å². The molecule has 0 heterocycles. The summed E-state index contributed by atoms with van der Waals surface area (Å²) in [5, 5.41) is 12.3. The van der Waals surface area contributed by atoms with Gasteiger partial charge in [-0.05, 0) is 55.2 Å². The zero-order valence-corrected chi connectivity index (χ0v) is 16.2. The third-order valence-corrected chi connectivity index (χ3v) is 6.37. The summed E-state index contributed by atoms with van der Waals surface area (Å²) in [5.74, 6) is -0.995. The minimum atomic E-state index is -0.995. The van der Waals surface area contributed by atoms with Gasteiger partial charge in [-0.25, -0.2) is 9.59 Å². The molecular weight excluding hydrogens is 354 g/mol. The van der Waals surface area contributed by atoms with Crippen molar-refractivity contribution in [2.24, 2.45) is 5.41 Å². The summed E-state index contributed by atoms with van der Waals surface area (Å²) in [6, 6.07) is 14.9. The highest BCUT2D eigenvalue weighted by Gasteiger charge is 2.72. The normalized spacial score (nSPS) is 25.8. The first-order valence-electron chi connectivity index (χ1n) is 9.61. The highest BCUT2D eigenvalue weighted by molar-refractivity contribution is 5.82. The summed E-state index contributed by atoms with van der Waals surface area (Å²) < 4.78 is 5.22. The number of hydrogen-bond donors (Lipinski definition) is 2. The van der Waals surface area contributed by atoms with Crippen LogP contribution in [0.5, 0.6) is 0 Å². The summed E-state index contributed by atoms with van der Waals surface area (Å²) in [5.41, 5.74) is 4.36. The van der Waals surface area contributed by atoms with Crippen molar-refractivity contribution in [3.8, 4) is 0 Å². The van der Waals surface area contributed by atoms with Crippen LogP contribution in [-0.4, -0.2) is 23.2 Å². The molecule has 1 atom stereocenters. The molecule has 2 bridgehead atoms. The van der Waals surface area contributed by atoms with Gasteiger partial charge in [-0.3, -0.25) is 0 Å². The summed E-state index contributed by atoms with van der Waals surface area (Å²) in [6.45, 7) is 4.31. The minimum Gasteiger partial charge on any atom is -0.480 e. The molecule has 3 saturated carbocycles. The van der Waals surface area contributed by atoms with Crippen molar-refractivity contribution in [1.29, 1.82) is 0 Å². The third kappa shape index (κ3) is 3.05. The van der Waals surface area contributed by atoms with E-state index in [2.05, 4.69) is 37.4 Å². The molecule has 3 aliphatic carbocycles. The van der Waals surface area contributed by atoms with Crippen LogP contribution in [-0.2, 0) is 21.6 Å². The molecule has 2 aromatic carbocycles. The Morgan fingerprint density at radius 1 is 1.11 bits per heavy atom. The smallest absolute Gasteiger partial charge is 0.408 e. The van der Waals surface area contributed by atoms with Gasteiger partial charge in [0.1, 0.15) is 12.6 Å². The average Bonchev–Trinajstić information content (AvgIpc) is 2.60. The van der Waals surface area contributed by atoms with Crippen molar-refractivity contribution in [1.82, 2.24) is 5.32 Å². The van der Waals surface area contributed by atoms with Crippen LogP contribution < -0.4 is 5.32 Å². The quantitative estimate of drug-likeness (QED) is 0.792. The Kier molecular flexibility index (Phi) is 4.41. The standard InChI is InChI=1S/C23H25NO4/c1-15-8-9-16(2)18(10-15)22-12-23(13-22,14-22)19(20(25)26)24-21(27)28-11-17-6-4-3-5-7-17/h3-10,19H,11-14H2,1-2H3,(H,24,27)(H,25,26). The average molecular weight is 379 g/mol. The lowest BCUT2D eigenvalue weighted by Gasteiger charge is -2.73. The fraction of sp³-hybridized carbons (Fsp3) is 0.391. The minimum absolute atomic E-state index is 0.0689. The van der Waals surface area contributed by atoms with Gasteiger partial charge >= 0.3 is 12.1 Å². The first kappa shape index (κ1) is 18.5. The number of carboxylic acids is 1. The molecule has 28 heavy (non-hydrogen) atoms. The lowest BCUT2D eigenvalue weighted by Crippen LogP contribution is -2.73. The third-order valence-electron chi connectivity index (χ3n) is 6.37. The molecule has 3 aliphatic rings. The van der Waals surface area contributed by atoms with Crippen molar-refractivity contribution in [2.45, 2.75) is 51.2 Å². The topological polar surface area (TPSA) is 75.6 Å². The Balaban J connectivity index is 1.40. The van der Waals surface area contributed by atoms with E-state index < -0.39 is 18.1 Å². The number of hydrogen-bond acceptors (Lipinski definition) is 3. The van der Waals surface area contributed by atoms with Gasteiger partial charge in [0.15, 0.2) is 0 Å². The Morgan fingerprint density at radius 2 is 1.79 bits per heavy atom. The van der Waals surface area contributed by atoms with Crippen LogP contribution >= 0.6 is 0 Å². The maximum Gasteiger partial charge on any atom is 0.408 e. The largest absolute Gasteiger partial charge is 0.480 e. The van der Waals surface area contributed by atoms with Gasteiger partial charge in [0.25, 0.3) is 0 Å². The second-order valence-electron chi connectivity index (χ2n) is 8.47. The van der Waals surface area contributed by atoms with Crippen LogP contribution in [0.25, 0.3) is 0 Å². The van der Waals surface area contributed by atoms with Gasteiger partial charge < -0.3 is 15.2 Å². The lowest BCUT2D eigenvalue weighted by molar-refractivity contribution is -0.183. The van der Waals surface area contributed by atoms with Crippen molar-refractivity contribution < 1.29 is 19.4 Å². The van der Waals surface area contributed by atoms with Crippen LogP contribution in [0.4, 0.5) is 4.79 Å².